The maximum Gasteiger partial charge on any atom is 0.302 e. The SMILES string of the molecule is NS(=O)(=O)N1C=CCC=C1. The van der Waals surface area contributed by atoms with Gasteiger partial charge in [0.25, 0.3) is 0 Å². The largest absolute Gasteiger partial charge is 0.302 e. The standard InChI is InChI=1S/C5H8N2O2S/c6-10(8,9)7-4-2-1-3-5-7/h2-5H,1H2,(H2,6,8,9). The number of hydrogen-bond acceptors (Lipinski definition) is 2. The van der Waals surface area contributed by atoms with E-state index in [0.29, 0.717) is 0 Å². The van der Waals surface area contributed by atoms with Crippen molar-refractivity contribution in [2.75, 3.05) is 0 Å². The highest BCUT2D eigenvalue weighted by atomic mass is 32.2. The van der Waals surface area contributed by atoms with Crippen LogP contribution in [0, 0.1) is 0 Å². The Morgan fingerprint density at radius 3 is 2.10 bits per heavy atom. The zero-order valence-electron chi connectivity index (χ0n) is 5.27. The highest BCUT2D eigenvalue weighted by Crippen LogP contribution is 2.04. The number of nitrogens with zero attached hydrogens (tertiary/aromatic N) is 1. The van der Waals surface area contributed by atoms with E-state index in [9.17, 15) is 8.42 Å². The lowest BCUT2D eigenvalue weighted by Gasteiger charge is -2.13. The van der Waals surface area contributed by atoms with Crippen molar-refractivity contribution in [3.8, 4) is 0 Å². The molecule has 0 saturated heterocycles. The van der Waals surface area contributed by atoms with Crippen LogP contribution in [0.25, 0.3) is 0 Å². The Hall–Kier alpha value is -0.810. The second-order valence-electron chi connectivity index (χ2n) is 1.88. The van der Waals surface area contributed by atoms with Gasteiger partial charge >= 0.3 is 10.2 Å². The monoisotopic (exact) mass is 160 g/mol. The van der Waals surface area contributed by atoms with Gasteiger partial charge in [-0.15, -0.1) is 0 Å². The lowest BCUT2D eigenvalue weighted by Crippen LogP contribution is -2.28. The Balaban J connectivity index is 2.84. The van der Waals surface area contributed by atoms with E-state index in [0.717, 1.165) is 10.7 Å². The Morgan fingerprint density at radius 2 is 1.80 bits per heavy atom. The van der Waals surface area contributed by atoms with Crippen molar-refractivity contribution in [1.29, 1.82) is 0 Å². The lowest BCUT2D eigenvalue weighted by molar-refractivity contribution is 0.552. The summed E-state index contributed by atoms with van der Waals surface area (Å²) in [6.45, 7) is 0. The molecule has 0 aromatic heterocycles. The van der Waals surface area contributed by atoms with Gasteiger partial charge in [0.15, 0.2) is 0 Å². The Labute approximate surface area is 59.8 Å². The summed E-state index contributed by atoms with van der Waals surface area (Å²) in [4.78, 5) is 0. The van der Waals surface area contributed by atoms with E-state index in [1.54, 1.807) is 12.2 Å². The van der Waals surface area contributed by atoms with Gasteiger partial charge < -0.3 is 0 Å². The van der Waals surface area contributed by atoms with Crippen LogP contribution in [0.4, 0.5) is 0 Å². The van der Waals surface area contributed by atoms with Crippen molar-refractivity contribution in [3.05, 3.63) is 24.6 Å². The van der Waals surface area contributed by atoms with Gasteiger partial charge in [-0.25, -0.2) is 9.44 Å². The summed E-state index contributed by atoms with van der Waals surface area (Å²) in [7, 11) is -3.57. The van der Waals surface area contributed by atoms with E-state index < -0.39 is 10.2 Å². The van der Waals surface area contributed by atoms with Crippen LogP contribution in [0.5, 0.6) is 0 Å². The summed E-state index contributed by atoms with van der Waals surface area (Å²) >= 11 is 0. The van der Waals surface area contributed by atoms with Gasteiger partial charge in [-0.2, -0.15) is 8.42 Å². The smallest absolute Gasteiger partial charge is 0.241 e. The van der Waals surface area contributed by atoms with Crippen LogP contribution in [-0.2, 0) is 10.2 Å². The molecular formula is C5H8N2O2S. The Morgan fingerprint density at radius 1 is 1.30 bits per heavy atom. The van der Waals surface area contributed by atoms with E-state index in [1.165, 1.54) is 12.4 Å². The first-order valence-corrected chi connectivity index (χ1v) is 4.25. The van der Waals surface area contributed by atoms with E-state index in [4.69, 9.17) is 5.14 Å². The predicted molar refractivity (Wildman–Crippen MR) is 37.8 cm³/mol. The van der Waals surface area contributed by atoms with Crippen LogP contribution in [-0.4, -0.2) is 12.7 Å². The summed E-state index contributed by atoms with van der Waals surface area (Å²) in [6, 6.07) is 0. The molecule has 5 heteroatoms. The molecule has 0 amide bonds. The quantitative estimate of drug-likeness (QED) is 0.583. The first-order valence-electron chi connectivity index (χ1n) is 2.75. The van der Waals surface area contributed by atoms with E-state index in [2.05, 4.69) is 0 Å². The van der Waals surface area contributed by atoms with Crippen molar-refractivity contribution in [3.63, 3.8) is 0 Å². The number of nitrogens with two attached hydrogens (primary N) is 1. The minimum atomic E-state index is -3.57. The molecule has 0 aliphatic carbocycles. The first-order chi connectivity index (χ1) is 4.61. The van der Waals surface area contributed by atoms with Crippen LogP contribution in [0.3, 0.4) is 0 Å². The van der Waals surface area contributed by atoms with Crippen molar-refractivity contribution < 1.29 is 8.42 Å². The van der Waals surface area contributed by atoms with Gasteiger partial charge in [0, 0.05) is 12.4 Å². The van der Waals surface area contributed by atoms with Crippen molar-refractivity contribution in [2.45, 2.75) is 6.42 Å². The zero-order chi connectivity index (χ0) is 7.61. The van der Waals surface area contributed by atoms with Crippen molar-refractivity contribution in [1.82, 2.24) is 4.31 Å². The average Bonchev–Trinajstić information content (AvgIpc) is 1.88. The minimum Gasteiger partial charge on any atom is -0.241 e. The summed E-state index contributed by atoms with van der Waals surface area (Å²) < 4.78 is 22.1. The van der Waals surface area contributed by atoms with Gasteiger partial charge in [0.2, 0.25) is 0 Å². The minimum absolute atomic E-state index is 0.756. The van der Waals surface area contributed by atoms with E-state index in [1.807, 2.05) is 0 Å². The van der Waals surface area contributed by atoms with Crippen LogP contribution < -0.4 is 5.14 Å². The molecule has 0 aromatic rings. The van der Waals surface area contributed by atoms with Crippen LogP contribution in [0.2, 0.25) is 0 Å². The zero-order valence-corrected chi connectivity index (χ0v) is 6.08. The highest BCUT2D eigenvalue weighted by molar-refractivity contribution is 7.87. The molecule has 0 radical (unpaired) electrons. The number of hydrogen-bond donors (Lipinski definition) is 1. The van der Waals surface area contributed by atoms with Gasteiger partial charge in [0.05, 0.1) is 0 Å². The molecular weight excluding hydrogens is 152 g/mol. The molecule has 10 heavy (non-hydrogen) atoms. The average molecular weight is 160 g/mol. The fraction of sp³-hybridized carbons (Fsp3) is 0.200. The second-order valence-corrected chi connectivity index (χ2v) is 3.33. The molecule has 1 heterocycles. The highest BCUT2D eigenvalue weighted by Gasteiger charge is 2.09. The molecule has 56 valence electrons. The summed E-state index contributed by atoms with van der Waals surface area (Å²) in [5.41, 5.74) is 0. The normalized spacial score (nSPS) is 17.9. The Bertz CT molecular complexity index is 253. The van der Waals surface area contributed by atoms with Gasteiger partial charge in [0.1, 0.15) is 0 Å². The molecule has 0 saturated carbocycles. The van der Waals surface area contributed by atoms with Gasteiger partial charge in [-0.1, -0.05) is 12.2 Å². The number of allylic oxidation sites excluding steroid dienone is 2. The fourth-order valence-corrected chi connectivity index (χ4v) is 1.14. The summed E-state index contributed by atoms with van der Waals surface area (Å²) in [6.07, 6.45) is 7.03. The molecule has 1 aliphatic rings. The van der Waals surface area contributed by atoms with E-state index >= 15 is 0 Å². The maximum atomic E-state index is 10.6. The fourth-order valence-electron chi connectivity index (χ4n) is 0.627. The van der Waals surface area contributed by atoms with Crippen LogP contribution in [0.1, 0.15) is 6.42 Å². The molecule has 0 bridgehead atoms. The molecule has 4 nitrogen and oxygen atoms in total. The molecule has 0 unspecified atom stereocenters. The molecule has 1 aliphatic heterocycles. The van der Waals surface area contributed by atoms with Gasteiger partial charge in [-0.3, -0.25) is 0 Å². The third-order valence-electron chi connectivity index (χ3n) is 1.07. The Kier molecular flexibility index (Phi) is 1.78. The van der Waals surface area contributed by atoms with Crippen LogP contribution >= 0.6 is 0 Å². The van der Waals surface area contributed by atoms with E-state index in [-0.39, 0.29) is 0 Å². The second kappa shape index (κ2) is 2.43. The van der Waals surface area contributed by atoms with Crippen molar-refractivity contribution in [2.24, 2.45) is 5.14 Å². The predicted octanol–water partition coefficient (Wildman–Crippen LogP) is -0.0770. The molecule has 0 fully saturated rings. The number of rotatable bonds is 1. The molecule has 0 atom stereocenters. The first kappa shape index (κ1) is 7.30. The summed E-state index contributed by atoms with van der Waals surface area (Å²) in [5, 5.41) is 4.81. The third-order valence-corrected chi connectivity index (χ3v) is 1.90. The maximum absolute atomic E-state index is 10.6. The molecule has 1 rings (SSSR count). The molecule has 0 aromatic carbocycles. The van der Waals surface area contributed by atoms with Crippen LogP contribution in [0.15, 0.2) is 24.6 Å². The molecule has 0 spiro atoms. The van der Waals surface area contributed by atoms with Crippen molar-refractivity contribution >= 4 is 10.2 Å². The third kappa shape index (κ3) is 1.58. The lowest BCUT2D eigenvalue weighted by atomic mass is 10.4. The topological polar surface area (TPSA) is 63.4 Å². The van der Waals surface area contributed by atoms with Gasteiger partial charge in [-0.05, 0) is 6.42 Å². The summed E-state index contributed by atoms with van der Waals surface area (Å²) in [5.74, 6) is 0. The molecule has 2 N–H and O–H groups in total.